The van der Waals surface area contributed by atoms with Gasteiger partial charge >= 0.3 is 0 Å². The van der Waals surface area contributed by atoms with E-state index < -0.39 is 0 Å². The fourth-order valence-corrected chi connectivity index (χ4v) is 2.58. The molecule has 0 bridgehead atoms. The van der Waals surface area contributed by atoms with E-state index in [0.29, 0.717) is 6.42 Å². The topological polar surface area (TPSA) is 37.4 Å². The van der Waals surface area contributed by atoms with Crippen molar-refractivity contribution in [1.29, 1.82) is 0 Å². The highest BCUT2D eigenvalue weighted by Crippen LogP contribution is 2.21. The van der Waals surface area contributed by atoms with E-state index in [0.717, 1.165) is 31.4 Å². The van der Waals surface area contributed by atoms with Crippen LogP contribution < -0.4 is 0 Å². The van der Waals surface area contributed by atoms with E-state index >= 15 is 0 Å². The van der Waals surface area contributed by atoms with Gasteiger partial charge in [-0.15, -0.1) is 0 Å². The van der Waals surface area contributed by atoms with Gasteiger partial charge in [0.05, 0.1) is 0 Å². The number of piperidine rings is 1. The minimum absolute atomic E-state index is 0.0839. The Balaban J connectivity index is 2.03. The molecule has 0 radical (unpaired) electrons. The molecule has 1 aromatic rings. The van der Waals surface area contributed by atoms with Crippen LogP contribution in [0, 0.1) is 0 Å². The van der Waals surface area contributed by atoms with E-state index in [1.54, 1.807) is 6.92 Å². The quantitative estimate of drug-likeness (QED) is 0.768. The number of likely N-dealkylation sites (tertiary alicyclic amines) is 1. The number of ketones is 1. The Bertz CT molecular complexity index is 427. The van der Waals surface area contributed by atoms with E-state index in [4.69, 9.17) is 0 Å². The average molecular weight is 245 g/mol. The Morgan fingerprint density at radius 3 is 2.61 bits per heavy atom. The predicted octanol–water partition coefficient (Wildman–Crippen LogP) is 2.66. The first-order valence-corrected chi connectivity index (χ1v) is 6.54. The largest absolute Gasteiger partial charge is 0.340 e. The van der Waals surface area contributed by atoms with Crippen molar-refractivity contribution in [3.05, 3.63) is 35.9 Å². The summed E-state index contributed by atoms with van der Waals surface area (Å²) in [6, 6.07) is 9.41. The SMILES string of the molecule is CC(=O)N1CCCCC1CC(=O)c1ccccc1. The third-order valence-electron chi connectivity index (χ3n) is 3.55. The number of rotatable bonds is 3. The Hall–Kier alpha value is -1.64. The highest BCUT2D eigenvalue weighted by Gasteiger charge is 2.26. The van der Waals surface area contributed by atoms with E-state index in [-0.39, 0.29) is 17.7 Å². The molecule has 2 rings (SSSR count). The van der Waals surface area contributed by atoms with E-state index in [1.807, 2.05) is 35.2 Å². The number of hydrogen-bond acceptors (Lipinski definition) is 2. The molecule has 1 heterocycles. The standard InChI is InChI=1S/C15H19NO2/c1-12(17)16-10-6-5-9-14(16)11-15(18)13-7-3-2-4-8-13/h2-4,7-8,14H,5-6,9-11H2,1H3. The third kappa shape index (κ3) is 2.97. The van der Waals surface area contributed by atoms with Crippen LogP contribution in [0.4, 0.5) is 0 Å². The number of amides is 1. The third-order valence-corrected chi connectivity index (χ3v) is 3.55. The van der Waals surface area contributed by atoms with Gasteiger partial charge in [-0.05, 0) is 19.3 Å². The van der Waals surface area contributed by atoms with Crippen LogP contribution in [-0.2, 0) is 4.79 Å². The van der Waals surface area contributed by atoms with Crippen molar-refractivity contribution in [2.75, 3.05) is 6.54 Å². The summed E-state index contributed by atoms with van der Waals surface area (Å²) in [6.07, 6.45) is 3.55. The molecule has 1 atom stereocenters. The normalized spacial score (nSPS) is 19.6. The van der Waals surface area contributed by atoms with Crippen LogP contribution in [0.2, 0.25) is 0 Å². The number of hydrogen-bond donors (Lipinski definition) is 0. The first-order valence-electron chi connectivity index (χ1n) is 6.54. The first kappa shape index (κ1) is 12.8. The number of carbonyl (C=O) groups excluding carboxylic acids is 2. The number of nitrogens with zero attached hydrogens (tertiary/aromatic N) is 1. The van der Waals surface area contributed by atoms with Crippen LogP contribution in [0.1, 0.15) is 43.0 Å². The molecular weight excluding hydrogens is 226 g/mol. The Kier molecular flexibility index (Phi) is 4.13. The summed E-state index contributed by atoms with van der Waals surface area (Å²) in [5.41, 5.74) is 0.742. The van der Waals surface area contributed by atoms with Crippen molar-refractivity contribution in [2.24, 2.45) is 0 Å². The minimum atomic E-state index is 0.0839. The van der Waals surface area contributed by atoms with E-state index in [1.165, 1.54) is 0 Å². The molecule has 96 valence electrons. The lowest BCUT2D eigenvalue weighted by Gasteiger charge is -2.34. The van der Waals surface area contributed by atoms with Crippen molar-refractivity contribution in [1.82, 2.24) is 4.90 Å². The minimum Gasteiger partial charge on any atom is -0.340 e. The maximum absolute atomic E-state index is 12.1. The summed E-state index contributed by atoms with van der Waals surface area (Å²) in [5, 5.41) is 0. The zero-order valence-corrected chi connectivity index (χ0v) is 10.8. The van der Waals surface area contributed by atoms with Crippen molar-refractivity contribution < 1.29 is 9.59 Å². The molecule has 0 aliphatic carbocycles. The van der Waals surface area contributed by atoms with Gasteiger partial charge < -0.3 is 4.90 Å². The molecule has 1 aliphatic rings. The van der Waals surface area contributed by atoms with Gasteiger partial charge in [0.25, 0.3) is 0 Å². The van der Waals surface area contributed by atoms with Crippen molar-refractivity contribution >= 4 is 11.7 Å². The Labute approximate surface area is 108 Å². The van der Waals surface area contributed by atoms with Gasteiger partial charge in [-0.25, -0.2) is 0 Å². The van der Waals surface area contributed by atoms with Crippen LogP contribution in [0.15, 0.2) is 30.3 Å². The van der Waals surface area contributed by atoms with Crippen LogP contribution in [-0.4, -0.2) is 29.2 Å². The molecule has 1 amide bonds. The lowest BCUT2D eigenvalue weighted by Crippen LogP contribution is -2.43. The number of carbonyl (C=O) groups is 2. The van der Waals surface area contributed by atoms with E-state index in [9.17, 15) is 9.59 Å². The maximum atomic E-state index is 12.1. The van der Waals surface area contributed by atoms with Crippen LogP contribution in [0.5, 0.6) is 0 Å². The molecule has 3 heteroatoms. The van der Waals surface area contributed by atoms with Gasteiger partial charge in [-0.3, -0.25) is 9.59 Å². The number of Topliss-reactive ketones (excluding diaryl/α,β-unsaturated/α-hetero) is 1. The Morgan fingerprint density at radius 1 is 1.22 bits per heavy atom. The highest BCUT2D eigenvalue weighted by molar-refractivity contribution is 5.96. The van der Waals surface area contributed by atoms with Crippen molar-refractivity contribution in [3.63, 3.8) is 0 Å². The molecule has 18 heavy (non-hydrogen) atoms. The van der Waals surface area contributed by atoms with Crippen molar-refractivity contribution in [2.45, 2.75) is 38.6 Å². The lowest BCUT2D eigenvalue weighted by atomic mass is 9.95. The fraction of sp³-hybridized carbons (Fsp3) is 0.467. The van der Waals surface area contributed by atoms with E-state index in [2.05, 4.69) is 0 Å². The van der Waals surface area contributed by atoms with Gasteiger partial charge in [-0.1, -0.05) is 30.3 Å². The molecule has 0 saturated carbocycles. The molecule has 0 aromatic heterocycles. The summed E-state index contributed by atoms with van der Waals surface area (Å²) in [5.74, 6) is 0.217. The van der Waals surface area contributed by atoms with Gasteiger partial charge in [0.15, 0.2) is 5.78 Å². The first-order chi connectivity index (χ1) is 8.68. The molecule has 1 aromatic carbocycles. The van der Waals surface area contributed by atoms with Crippen molar-refractivity contribution in [3.8, 4) is 0 Å². The second-order valence-electron chi connectivity index (χ2n) is 4.86. The summed E-state index contributed by atoms with van der Waals surface area (Å²) in [7, 11) is 0. The van der Waals surface area contributed by atoms with Gasteiger partial charge in [0, 0.05) is 31.5 Å². The maximum Gasteiger partial charge on any atom is 0.219 e. The Morgan fingerprint density at radius 2 is 1.94 bits per heavy atom. The highest BCUT2D eigenvalue weighted by atomic mass is 16.2. The van der Waals surface area contributed by atoms with Crippen LogP contribution in [0.25, 0.3) is 0 Å². The smallest absolute Gasteiger partial charge is 0.219 e. The van der Waals surface area contributed by atoms with Crippen LogP contribution in [0.3, 0.4) is 0 Å². The molecule has 1 fully saturated rings. The molecule has 0 spiro atoms. The summed E-state index contributed by atoms with van der Waals surface area (Å²) in [6.45, 7) is 2.38. The molecular formula is C15H19NO2. The predicted molar refractivity (Wildman–Crippen MR) is 70.4 cm³/mol. The zero-order chi connectivity index (χ0) is 13.0. The summed E-state index contributed by atoms with van der Waals surface area (Å²) < 4.78 is 0. The molecule has 3 nitrogen and oxygen atoms in total. The summed E-state index contributed by atoms with van der Waals surface area (Å²) in [4.78, 5) is 25.5. The lowest BCUT2D eigenvalue weighted by molar-refractivity contribution is -0.132. The van der Waals surface area contributed by atoms with Gasteiger partial charge in [0.2, 0.25) is 5.91 Å². The molecule has 1 unspecified atom stereocenters. The summed E-state index contributed by atoms with van der Waals surface area (Å²) >= 11 is 0. The molecule has 1 saturated heterocycles. The monoisotopic (exact) mass is 245 g/mol. The zero-order valence-electron chi connectivity index (χ0n) is 10.8. The average Bonchev–Trinajstić information content (AvgIpc) is 2.40. The van der Waals surface area contributed by atoms with Gasteiger partial charge in [-0.2, -0.15) is 0 Å². The molecule has 0 N–H and O–H groups in total. The van der Waals surface area contributed by atoms with Crippen LogP contribution >= 0.6 is 0 Å². The fourth-order valence-electron chi connectivity index (χ4n) is 2.58. The molecule has 1 aliphatic heterocycles. The second kappa shape index (κ2) is 5.80. The number of benzene rings is 1. The van der Waals surface area contributed by atoms with Gasteiger partial charge in [0.1, 0.15) is 0 Å². The second-order valence-corrected chi connectivity index (χ2v) is 4.86.